The second-order valence-corrected chi connectivity index (χ2v) is 3.41. The van der Waals surface area contributed by atoms with E-state index in [-0.39, 0.29) is 46.5 Å². The van der Waals surface area contributed by atoms with E-state index < -0.39 is 0 Å². The maximum atomic E-state index is 8.07. The van der Waals surface area contributed by atoms with Gasteiger partial charge in [0.25, 0.3) is 0 Å². The van der Waals surface area contributed by atoms with E-state index >= 15 is 0 Å². The molecule has 1 N–H and O–H groups in total. The van der Waals surface area contributed by atoms with Crippen LogP contribution < -0.4 is 0 Å². The monoisotopic (exact) mass is 294 g/mol. The Morgan fingerprint density at radius 1 is 1.00 bits per heavy atom. The minimum absolute atomic E-state index is 0. The SMILES string of the molecule is CC(C)[N-]C(C)C.CCCCO.Cl.Cl.[Ti]. The summed E-state index contributed by atoms with van der Waals surface area (Å²) in [6, 6.07) is 1.000. The molecule has 0 radical (unpaired) electrons. The van der Waals surface area contributed by atoms with Crippen LogP contribution in [0, 0.1) is 0 Å². The van der Waals surface area contributed by atoms with Crippen molar-refractivity contribution in [2.45, 2.75) is 59.5 Å². The fourth-order valence-corrected chi connectivity index (χ4v) is 0.754. The van der Waals surface area contributed by atoms with Crippen LogP contribution in [0.25, 0.3) is 5.32 Å². The maximum absolute atomic E-state index is 8.07. The van der Waals surface area contributed by atoms with Gasteiger partial charge in [-0.05, 0) is 6.42 Å². The van der Waals surface area contributed by atoms with Crippen LogP contribution >= 0.6 is 24.8 Å². The van der Waals surface area contributed by atoms with Crippen LogP contribution in [0.3, 0.4) is 0 Å². The molecule has 15 heavy (non-hydrogen) atoms. The van der Waals surface area contributed by atoms with Crippen LogP contribution in [0.2, 0.25) is 0 Å². The Morgan fingerprint density at radius 3 is 1.33 bits per heavy atom. The molecule has 0 fully saturated rings. The van der Waals surface area contributed by atoms with Gasteiger partial charge in [-0.1, -0.05) is 41.0 Å². The van der Waals surface area contributed by atoms with Gasteiger partial charge in [0.15, 0.2) is 0 Å². The Bertz CT molecular complexity index is 77.8. The molecule has 0 aromatic heterocycles. The quantitative estimate of drug-likeness (QED) is 0.787. The first-order chi connectivity index (χ1) is 5.54. The Balaban J connectivity index is -0.0000000383. The van der Waals surface area contributed by atoms with E-state index in [1.54, 1.807) is 0 Å². The number of hydrogen-bond acceptors (Lipinski definition) is 1. The van der Waals surface area contributed by atoms with Crippen molar-refractivity contribution >= 4 is 24.8 Å². The normalized spacial score (nSPS) is 8.00. The van der Waals surface area contributed by atoms with Crippen LogP contribution in [0.1, 0.15) is 47.5 Å². The van der Waals surface area contributed by atoms with Crippen LogP contribution in [0.5, 0.6) is 0 Å². The zero-order valence-electron chi connectivity index (χ0n) is 10.5. The molecule has 0 unspecified atom stereocenters. The summed E-state index contributed by atoms with van der Waals surface area (Å²) in [5, 5.41) is 12.3. The van der Waals surface area contributed by atoms with Gasteiger partial charge in [0.1, 0.15) is 0 Å². The molecule has 0 heterocycles. The van der Waals surface area contributed by atoms with Crippen LogP contribution in [-0.2, 0) is 21.7 Å². The standard InChI is InChI=1S/C6H14N.C4H10O.2ClH.Ti/c1-5(2)7-6(3)4;1-2-3-4-5;;;/h5-6H,1-4H3;5H,2-4H2,1H3;2*1H;/q-1;;;;. The van der Waals surface area contributed by atoms with Crippen molar-refractivity contribution in [1.29, 1.82) is 0 Å². The van der Waals surface area contributed by atoms with Crippen molar-refractivity contribution in [2.24, 2.45) is 0 Å². The average Bonchev–Trinajstić information content (AvgIpc) is 1.87. The Kier molecular flexibility index (Phi) is 48.6. The molecule has 96 valence electrons. The molecule has 0 atom stereocenters. The van der Waals surface area contributed by atoms with Gasteiger partial charge in [0.2, 0.25) is 0 Å². The van der Waals surface area contributed by atoms with Crippen molar-refractivity contribution in [2.75, 3.05) is 6.61 Å². The van der Waals surface area contributed by atoms with E-state index in [0.29, 0.717) is 18.7 Å². The van der Waals surface area contributed by atoms with Gasteiger partial charge in [-0.3, -0.25) is 0 Å². The Morgan fingerprint density at radius 2 is 1.33 bits per heavy atom. The second kappa shape index (κ2) is 24.4. The third-order valence-corrected chi connectivity index (χ3v) is 1.11. The molecule has 0 aliphatic heterocycles. The number of halogens is 2. The fourth-order valence-electron chi connectivity index (χ4n) is 0.754. The molecule has 2 nitrogen and oxygen atoms in total. The van der Waals surface area contributed by atoms with Gasteiger partial charge in [0.05, 0.1) is 0 Å². The summed E-state index contributed by atoms with van der Waals surface area (Å²) in [4.78, 5) is 0. The molecule has 0 aromatic rings. The summed E-state index contributed by atoms with van der Waals surface area (Å²) in [7, 11) is 0. The zero-order valence-corrected chi connectivity index (χ0v) is 13.7. The summed E-state index contributed by atoms with van der Waals surface area (Å²) in [5.41, 5.74) is 0. The predicted octanol–water partition coefficient (Wildman–Crippen LogP) is 3.80. The summed E-state index contributed by atoms with van der Waals surface area (Å²) < 4.78 is 0. The van der Waals surface area contributed by atoms with Crippen LogP contribution in [0.15, 0.2) is 0 Å². The third kappa shape index (κ3) is 51.0. The third-order valence-electron chi connectivity index (χ3n) is 1.11. The first-order valence-corrected chi connectivity index (χ1v) is 4.85. The summed E-state index contributed by atoms with van der Waals surface area (Å²) >= 11 is 0. The van der Waals surface area contributed by atoms with Crippen LogP contribution in [0.4, 0.5) is 0 Å². The molecule has 0 spiro atoms. The van der Waals surface area contributed by atoms with Crippen molar-refractivity contribution in [3.8, 4) is 0 Å². The van der Waals surface area contributed by atoms with Crippen molar-refractivity contribution in [3.63, 3.8) is 0 Å². The molecule has 0 rings (SSSR count). The van der Waals surface area contributed by atoms with Crippen molar-refractivity contribution in [3.05, 3.63) is 5.32 Å². The molecular weight excluding hydrogens is 269 g/mol. The first kappa shape index (κ1) is 29.8. The van der Waals surface area contributed by atoms with E-state index in [1.807, 2.05) is 0 Å². The number of hydrogen-bond donors (Lipinski definition) is 1. The first-order valence-electron chi connectivity index (χ1n) is 4.85. The Hall–Kier alpha value is 1.21. The number of aliphatic hydroxyl groups is 1. The van der Waals surface area contributed by atoms with E-state index in [1.165, 1.54) is 0 Å². The largest absolute Gasteiger partial charge is 0.658 e. The number of unbranched alkanes of at least 4 members (excludes halogenated alkanes) is 1. The molecule has 0 aliphatic rings. The predicted molar refractivity (Wildman–Crippen MR) is 70.1 cm³/mol. The average molecular weight is 295 g/mol. The fraction of sp³-hybridized carbons (Fsp3) is 1.00. The van der Waals surface area contributed by atoms with Gasteiger partial charge in [-0.15, -0.1) is 36.9 Å². The van der Waals surface area contributed by atoms with Gasteiger partial charge >= 0.3 is 0 Å². The molecule has 5 heteroatoms. The molecule has 0 aromatic carbocycles. The molecule has 0 saturated carbocycles. The number of aliphatic hydroxyl groups excluding tert-OH is 1. The molecule has 0 amide bonds. The minimum atomic E-state index is 0. The van der Waals surface area contributed by atoms with Gasteiger partial charge in [0, 0.05) is 28.3 Å². The summed E-state index contributed by atoms with van der Waals surface area (Å²) in [6.45, 7) is 10.8. The molecular formula is C10H26Cl2NOTi-. The van der Waals surface area contributed by atoms with Gasteiger partial charge < -0.3 is 10.4 Å². The van der Waals surface area contributed by atoms with Gasteiger partial charge in [-0.25, -0.2) is 0 Å². The number of rotatable bonds is 4. The van der Waals surface area contributed by atoms with Gasteiger partial charge in [-0.2, -0.15) is 0 Å². The topological polar surface area (TPSA) is 34.3 Å². The van der Waals surface area contributed by atoms with Crippen molar-refractivity contribution in [1.82, 2.24) is 0 Å². The second-order valence-electron chi connectivity index (χ2n) is 3.41. The number of nitrogens with zero attached hydrogens (tertiary/aromatic N) is 1. The maximum Gasteiger partial charge on any atom is 0.0430 e. The van der Waals surface area contributed by atoms with E-state index in [9.17, 15) is 0 Å². The van der Waals surface area contributed by atoms with Crippen molar-refractivity contribution < 1.29 is 26.8 Å². The summed E-state index contributed by atoms with van der Waals surface area (Å²) in [5.74, 6) is 0. The zero-order chi connectivity index (χ0) is 9.98. The Labute approximate surface area is 123 Å². The van der Waals surface area contributed by atoms with E-state index in [0.717, 1.165) is 12.8 Å². The smallest absolute Gasteiger partial charge is 0.0430 e. The van der Waals surface area contributed by atoms with E-state index in [2.05, 4.69) is 39.9 Å². The molecule has 0 aliphatic carbocycles. The summed E-state index contributed by atoms with van der Waals surface area (Å²) in [6.07, 6.45) is 2.04. The minimum Gasteiger partial charge on any atom is -0.658 e. The molecule has 0 saturated heterocycles. The molecule has 0 bridgehead atoms. The van der Waals surface area contributed by atoms with E-state index in [4.69, 9.17) is 5.11 Å². The van der Waals surface area contributed by atoms with Crippen LogP contribution in [-0.4, -0.2) is 23.8 Å².